The van der Waals surface area contributed by atoms with E-state index in [1.165, 1.54) is 6.07 Å². The third kappa shape index (κ3) is 3.19. The van der Waals surface area contributed by atoms with Crippen LogP contribution in [-0.4, -0.2) is 20.9 Å². The van der Waals surface area contributed by atoms with E-state index in [9.17, 15) is 13.2 Å². The van der Waals surface area contributed by atoms with Gasteiger partial charge in [-0.1, -0.05) is 6.92 Å². The SMILES string of the molecule is Cc1cc(C(=O)NCC2(C)CC2)cc(S(N)(=O)=O)c1C. The lowest BCUT2D eigenvalue weighted by molar-refractivity contribution is 0.0946. The molecule has 0 saturated heterocycles. The van der Waals surface area contributed by atoms with Gasteiger partial charge in [0.25, 0.3) is 5.91 Å². The molecule has 6 heteroatoms. The van der Waals surface area contributed by atoms with E-state index >= 15 is 0 Å². The van der Waals surface area contributed by atoms with Crippen molar-refractivity contribution in [2.45, 2.75) is 38.5 Å². The standard InChI is InChI=1S/C14H20N2O3S/c1-9-6-11(7-12(10(9)2)20(15,18)19)13(17)16-8-14(3)4-5-14/h6-7H,4-5,8H2,1-3H3,(H,16,17)(H2,15,18,19). The van der Waals surface area contributed by atoms with Gasteiger partial charge in [-0.2, -0.15) is 0 Å². The highest BCUT2D eigenvalue weighted by molar-refractivity contribution is 7.89. The van der Waals surface area contributed by atoms with Crippen molar-refractivity contribution in [3.63, 3.8) is 0 Å². The Balaban J connectivity index is 2.28. The minimum atomic E-state index is -3.82. The number of carbonyl (C=O) groups is 1. The normalized spacial score (nSPS) is 16.8. The Morgan fingerprint density at radius 2 is 1.95 bits per heavy atom. The van der Waals surface area contributed by atoms with Crippen molar-refractivity contribution in [2.24, 2.45) is 10.6 Å². The van der Waals surface area contributed by atoms with Gasteiger partial charge in [0.2, 0.25) is 10.0 Å². The van der Waals surface area contributed by atoms with E-state index in [1.807, 2.05) is 0 Å². The lowest BCUT2D eigenvalue weighted by Crippen LogP contribution is -2.29. The van der Waals surface area contributed by atoms with Gasteiger partial charge in [0.05, 0.1) is 4.90 Å². The van der Waals surface area contributed by atoms with Crippen LogP contribution >= 0.6 is 0 Å². The third-order valence-electron chi connectivity index (χ3n) is 3.97. The molecule has 0 radical (unpaired) electrons. The fourth-order valence-electron chi connectivity index (χ4n) is 2.04. The molecule has 0 spiro atoms. The smallest absolute Gasteiger partial charge is 0.251 e. The molecule has 1 aliphatic rings. The maximum absolute atomic E-state index is 12.1. The molecule has 0 aromatic heterocycles. The van der Waals surface area contributed by atoms with Gasteiger partial charge in [0.15, 0.2) is 0 Å². The molecule has 1 aromatic carbocycles. The van der Waals surface area contributed by atoms with Crippen molar-refractivity contribution in [1.29, 1.82) is 0 Å². The van der Waals surface area contributed by atoms with Crippen molar-refractivity contribution >= 4 is 15.9 Å². The second-order valence-corrected chi connectivity index (χ2v) is 7.48. The van der Waals surface area contributed by atoms with Crippen LogP contribution in [-0.2, 0) is 10.0 Å². The second-order valence-electron chi connectivity index (χ2n) is 5.95. The van der Waals surface area contributed by atoms with E-state index in [2.05, 4.69) is 12.2 Å². The van der Waals surface area contributed by atoms with Crippen LogP contribution < -0.4 is 10.5 Å². The van der Waals surface area contributed by atoms with Crippen LogP contribution in [0.3, 0.4) is 0 Å². The number of benzene rings is 1. The maximum atomic E-state index is 12.1. The van der Waals surface area contributed by atoms with Crippen molar-refractivity contribution in [2.75, 3.05) is 6.54 Å². The molecule has 1 fully saturated rings. The Hall–Kier alpha value is -1.40. The molecule has 0 bridgehead atoms. The first kappa shape index (κ1) is 15.0. The lowest BCUT2D eigenvalue weighted by Gasteiger charge is -2.13. The third-order valence-corrected chi connectivity index (χ3v) is 5.00. The number of nitrogens with one attached hydrogen (secondary N) is 1. The number of hydrogen-bond acceptors (Lipinski definition) is 3. The van der Waals surface area contributed by atoms with Gasteiger partial charge in [-0.25, -0.2) is 13.6 Å². The average molecular weight is 296 g/mol. The first-order valence-corrected chi connectivity index (χ1v) is 8.09. The van der Waals surface area contributed by atoms with Crippen LogP contribution in [0.2, 0.25) is 0 Å². The van der Waals surface area contributed by atoms with Gasteiger partial charge in [-0.15, -0.1) is 0 Å². The molecule has 1 saturated carbocycles. The fourth-order valence-corrected chi connectivity index (χ4v) is 2.92. The van der Waals surface area contributed by atoms with Crippen molar-refractivity contribution in [1.82, 2.24) is 5.32 Å². The van der Waals surface area contributed by atoms with Gasteiger partial charge < -0.3 is 5.32 Å². The molecule has 1 aromatic rings. The maximum Gasteiger partial charge on any atom is 0.251 e. The topological polar surface area (TPSA) is 89.3 Å². The Morgan fingerprint density at radius 3 is 2.45 bits per heavy atom. The Labute approximate surface area is 119 Å². The summed E-state index contributed by atoms with van der Waals surface area (Å²) in [7, 11) is -3.82. The largest absolute Gasteiger partial charge is 0.351 e. The molecule has 0 atom stereocenters. The summed E-state index contributed by atoms with van der Waals surface area (Å²) in [6, 6.07) is 3.04. The van der Waals surface area contributed by atoms with Gasteiger partial charge in [-0.3, -0.25) is 4.79 Å². The number of rotatable bonds is 4. The van der Waals surface area contributed by atoms with E-state index in [4.69, 9.17) is 5.14 Å². The molecule has 1 amide bonds. The van der Waals surface area contributed by atoms with Crippen LogP contribution in [0.1, 0.15) is 41.3 Å². The summed E-state index contributed by atoms with van der Waals surface area (Å²) < 4.78 is 23.1. The predicted molar refractivity (Wildman–Crippen MR) is 77.0 cm³/mol. The number of carbonyl (C=O) groups excluding carboxylic acids is 1. The quantitative estimate of drug-likeness (QED) is 0.882. The van der Waals surface area contributed by atoms with E-state index < -0.39 is 10.0 Å². The van der Waals surface area contributed by atoms with Crippen LogP contribution in [0.15, 0.2) is 17.0 Å². The summed E-state index contributed by atoms with van der Waals surface area (Å²) in [5.41, 5.74) is 1.86. The highest BCUT2D eigenvalue weighted by Gasteiger charge is 2.37. The van der Waals surface area contributed by atoms with Gasteiger partial charge in [-0.05, 0) is 55.4 Å². The fraction of sp³-hybridized carbons (Fsp3) is 0.500. The molecular weight excluding hydrogens is 276 g/mol. The molecule has 1 aliphatic carbocycles. The molecule has 5 nitrogen and oxygen atoms in total. The minimum absolute atomic E-state index is 0.0142. The number of primary sulfonamides is 1. The molecule has 2 rings (SSSR count). The number of hydrogen-bond donors (Lipinski definition) is 2. The van der Waals surface area contributed by atoms with Crippen LogP contribution in [0, 0.1) is 19.3 Å². The molecule has 0 heterocycles. The highest BCUT2D eigenvalue weighted by Crippen LogP contribution is 2.44. The summed E-state index contributed by atoms with van der Waals surface area (Å²) in [6.45, 7) is 6.18. The van der Waals surface area contributed by atoms with Crippen LogP contribution in [0.4, 0.5) is 0 Å². The average Bonchev–Trinajstić information content (AvgIpc) is 3.06. The lowest BCUT2D eigenvalue weighted by atomic mass is 10.1. The number of nitrogens with two attached hydrogens (primary N) is 1. The molecule has 0 unspecified atom stereocenters. The molecule has 20 heavy (non-hydrogen) atoms. The summed E-state index contributed by atoms with van der Waals surface area (Å²) in [5.74, 6) is -0.258. The zero-order chi connectivity index (χ0) is 15.1. The number of sulfonamides is 1. The van der Waals surface area contributed by atoms with Gasteiger partial charge in [0.1, 0.15) is 0 Å². The van der Waals surface area contributed by atoms with E-state index in [0.29, 0.717) is 17.7 Å². The van der Waals surface area contributed by atoms with Gasteiger partial charge in [0, 0.05) is 12.1 Å². The molecular formula is C14H20N2O3S. The Morgan fingerprint density at radius 1 is 1.35 bits per heavy atom. The minimum Gasteiger partial charge on any atom is -0.351 e. The Kier molecular flexibility index (Phi) is 3.64. The first-order valence-electron chi connectivity index (χ1n) is 6.55. The zero-order valence-electron chi connectivity index (χ0n) is 12.0. The highest BCUT2D eigenvalue weighted by atomic mass is 32.2. The van der Waals surface area contributed by atoms with Crippen molar-refractivity contribution in [3.8, 4) is 0 Å². The number of aryl methyl sites for hydroxylation is 1. The summed E-state index contributed by atoms with van der Waals surface area (Å²) in [6.07, 6.45) is 2.23. The zero-order valence-corrected chi connectivity index (χ0v) is 12.8. The van der Waals surface area contributed by atoms with Crippen LogP contribution in [0.5, 0.6) is 0 Å². The monoisotopic (exact) mass is 296 g/mol. The molecule has 3 N–H and O–H groups in total. The summed E-state index contributed by atoms with van der Waals surface area (Å²) in [5, 5.41) is 8.04. The Bertz CT molecular complexity index is 661. The van der Waals surface area contributed by atoms with Crippen LogP contribution in [0.25, 0.3) is 0 Å². The van der Waals surface area contributed by atoms with Crippen molar-refractivity contribution in [3.05, 3.63) is 28.8 Å². The summed E-state index contributed by atoms with van der Waals surface area (Å²) >= 11 is 0. The first-order chi connectivity index (χ1) is 9.12. The number of amides is 1. The molecule has 110 valence electrons. The van der Waals surface area contributed by atoms with Crippen molar-refractivity contribution < 1.29 is 13.2 Å². The predicted octanol–water partition coefficient (Wildman–Crippen LogP) is 1.48. The second kappa shape index (κ2) is 4.86. The van der Waals surface area contributed by atoms with Gasteiger partial charge >= 0.3 is 0 Å². The summed E-state index contributed by atoms with van der Waals surface area (Å²) in [4.78, 5) is 12.1. The van der Waals surface area contributed by atoms with E-state index in [0.717, 1.165) is 18.4 Å². The van der Waals surface area contributed by atoms with E-state index in [-0.39, 0.29) is 16.2 Å². The van der Waals surface area contributed by atoms with E-state index in [1.54, 1.807) is 19.9 Å². The molecule has 0 aliphatic heterocycles.